The molecule has 2 saturated heterocycles. The molecule has 1 unspecified atom stereocenters. The van der Waals surface area contributed by atoms with Gasteiger partial charge in [0, 0.05) is 26.2 Å². The summed E-state index contributed by atoms with van der Waals surface area (Å²) in [6.07, 6.45) is 1.38. The summed E-state index contributed by atoms with van der Waals surface area (Å²) < 4.78 is 32.6. The minimum Gasteiger partial charge on any atom is -0.378 e. The normalized spacial score (nSPS) is 22.8. The van der Waals surface area contributed by atoms with E-state index >= 15 is 0 Å². The smallest absolute Gasteiger partial charge is 0.244 e. The van der Waals surface area contributed by atoms with Crippen molar-refractivity contribution in [1.82, 2.24) is 9.21 Å². The molecule has 0 aromatic heterocycles. The lowest BCUT2D eigenvalue weighted by Gasteiger charge is -2.35. The number of aryl methyl sites for hydroxylation is 1. The van der Waals surface area contributed by atoms with Crippen LogP contribution in [0, 0.1) is 12.8 Å². The number of halogens is 1. The number of carbonyl (C=O) groups is 1. The molecule has 0 spiro atoms. The summed E-state index contributed by atoms with van der Waals surface area (Å²) in [5.41, 5.74) is 0.906. The van der Waals surface area contributed by atoms with E-state index in [4.69, 9.17) is 16.3 Å². The molecule has 3 rings (SSSR count). The lowest BCUT2D eigenvalue weighted by molar-refractivity contribution is -0.140. The van der Waals surface area contributed by atoms with Gasteiger partial charge in [0.05, 0.1) is 24.2 Å². The van der Waals surface area contributed by atoms with Gasteiger partial charge >= 0.3 is 0 Å². The van der Waals surface area contributed by atoms with Gasteiger partial charge in [0.15, 0.2) is 0 Å². The molecule has 0 saturated carbocycles. The number of piperidine rings is 1. The van der Waals surface area contributed by atoms with Crippen LogP contribution in [0.25, 0.3) is 0 Å². The Morgan fingerprint density at radius 1 is 1.24 bits per heavy atom. The first-order valence-electron chi connectivity index (χ1n) is 8.52. The number of amides is 1. The van der Waals surface area contributed by atoms with E-state index in [2.05, 4.69) is 0 Å². The maximum absolute atomic E-state index is 13.0. The van der Waals surface area contributed by atoms with Gasteiger partial charge in [0.25, 0.3) is 0 Å². The third-order valence-corrected chi connectivity index (χ3v) is 7.11. The van der Waals surface area contributed by atoms with Crippen LogP contribution in [0.4, 0.5) is 0 Å². The predicted octanol–water partition coefficient (Wildman–Crippen LogP) is 1.91. The molecular formula is C17H23ClN2O4S. The van der Waals surface area contributed by atoms with Gasteiger partial charge in [-0.3, -0.25) is 4.79 Å². The van der Waals surface area contributed by atoms with Gasteiger partial charge in [-0.15, -0.1) is 0 Å². The molecular weight excluding hydrogens is 364 g/mol. The van der Waals surface area contributed by atoms with Crippen LogP contribution < -0.4 is 0 Å². The first kappa shape index (κ1) is 18.6. The average molecular weight is 387 g/mol. The van der Waals surface area contributed by atoms with Crippen LogP contribution in [-0.2, 0) is 19.6 Å². The standard InChI is InChI=1S/C17H23ClN2O4S/c1-13-4-5-16(15(18)11-13)25(22,23)20-6-2-3-14(12-20)17(21)19-7-9-24-10-8-19/h4-5,11,14H,2-3,6-10,12H2,1H3. The second-order valence-corrected chi connectivity index (χ2v) is 8.89. The molecule has 2 fully saturated rings. The maximum atomic E-state index is 13.0. The molecule has 1 aromatic carbocycles. The monoisotopic (exact) mass is 386 g/mol. The highest BCUT2D eigenvalue weighted by molar-refractivity contribution is 7.89. The SMILES string of the molecule is Cc1ccc(S(=O)(=O)N2CCCC(C(=O)N3CCOCC3)C2)c(Cl)c1. The molecule has 1 atom stereocenters. The van der Waals surface area contributed by atoms with Gasteiger partial charge in [-0.05, 0) is 37.5 Å². The zero-order valence-electron chi connectivity index (χ0n) is 14.3. The summed E-state index contributed by atoms with van der Waals surface area (Å²) in [5, 5.41) is 0.224. The van der Waals surface area contributed by atoms with Gasteiger partial charge in [0.2, 0.25) is 15.9 Å². The minimum atomic E-state index is -3.70. The number of hydrogen-bond donors (Lipinski definition) is 0. The van der Waals surface area contributed by atoms with Crippen LogP contribution in [-0.4, -0.2) is 62.9 Å². The topological polar surface area (TPSA) is 66.9 Å². The van der Waals surface area contributed by atoms with Crippen molar-refractivity contribution < 1.29 is 17.9 Å². The first-order chi connectivity index (χ1) is 11.9. The van der Waals surface area contributed by atoms with E-state index in [0.717, 1.165) is 5.56 Å². The number of morpholine rings is 1. The second-order valence-electron chi connectivity index (χ2n) is 6.57. The average Bonchev–Trinajstić information content (AvgIpc) is 2.61. The Balaban J connectivity index is 1.77. The Morgan fingerprint density at radius 2 is 1.96 bits per heavy atom. The molecule has 2 aliphatic heterocycles. The van der Waals surface area contributed by atoms with Crippen molar-refractivity contribution in [2.24, 2.45) is 5.92 Å². The second kappa shape index (κ2) is 7.61. The van der Waals surface area contributed by atoms with Gasteiger partial charge < -0.3 is 9.64 Å². The summed E-state index contributed by atoms with van der Waals surface area (Å²) in [5.74, 6) is -0.274. The molecule has 8 heteroatoms. The molecule has 2 heterocycles. The third-order valence-electron chi connectivity index (χ3n) is 4.76. The third kappa shape index (κ3) is 4.00. The minimum absolute atomic E-state index is 0.0261. The molecule has 0 aliphatic carbocycles. The number of nitrogens with zero attached hydrogens (tertiary/aromatic N) is 2. The van der Waals surface area contributed by atoms with E-state index in [1.807, 2.05) is 6.92 Å². The fraction of sp³-hybridized carbons (Fsp3) is 0.588. The van der Waals surface area contributed by atoms with Crippen LogP contribution >= 0.6 is 11.6 Å². The van der Waals surface area contributed by atoms with E-state index in [9.17, 15) is 13.2 Å². The molecule has 1 aromatic rings. The highest BCUT2D eigenvalue weighted by Gasteiger charge is 2.36. The molecule has 0 radical (unpaired) electrons. The molecule has 1 amide bonds. The van der Waals surface area contributed by atoms with Crippen molar-refractivity contribution >= 4 is 27.5 Å². The van der Waals surface area contributed by atoms with Crippen molar-refractivity contribution in [2.45, 2.75) is 24.7 Å². The lowest BCUT2D eigenvalue weighted by atomic mass is 9.98. The van der Waals surface area contributed by atoms with E-state index in [1.165, 1.54) is 4.31 Å². The Kier molecular flexibility index (Phi) is 5.68. The molecule has 0 bridgehead atoms. The first-order valence-corrected chi connectivity index (χ1v) is 10.3. The van der Waals surface area contributed by atoms with E-state index in [0.29, 0.717) is 45.7 Å². The molecule has 25 heavy (non-hydrogen) atoms. The Bertz CT molecular complexity index is 747. The van der Waals surface area contributed by atoms with Gasteiger partial charge in [-0.2, -0.15) is 4.31 Å². The summed E-state index contributed by atoms with van der Waals surface area (Å²) in [6, 6.07) is 4.92. The van der Waals surface area contributed by atoms with Crippen molar-refractivity contribution in [3.05, 3.63) is 28.8 Å². The summed E-state index contributed by atoms with van der Waals surface area (Å²) in [7, 11) is -3.70. The summed E-state index contributed by atoms with van der Waals surface area (Å²) in [4.78, 5) is 14.6. The highest BCUT2D eigenvalue weighted by Crippen LogP contribution is 2.29. The fourth-order valence-electron chi connectivity index (χ4n) is 3.36. The number of rotatable bonds is 3. The van der Waals surface area contributed by atoms with E-state index in [1.54, 1.807) is 23.1 Å². The van der Waals surface area contributed by atoms with E-state index in [-0.39, 0.29) is 28.3 Å². The lowest BCUT2D eigenvalue weighted by Crippen LogP contribution is -2.49. The van der Waals surface area contributed by atoms with Crippen LogP contribution in [0.1, 0.15) is 18.4 Å². The quantitative estimate of drug-likeness (QED) is 0.795. The predicted molar refractivity (Wildman–Crippen MR) is 95.1 cm³/mol. The van der Waals surface area contributed by atoms with E-state index < -0.39 is 10.0 Å². The Labute approximate surface area is 153 Å². The zero-order valence-corrected chi connectivity index (χ0v) is 15.9. The van der Waals surface area contributed by atoms with Crippen LogP contribution in [0.15, 0.2) is 23.1 Å². The zero-order chi connectivity index (χ0) is 18.0. The summed E-state index contributed by atoms with van der Waals surface area (Å²) in [6.45, 7) is 4.72. The van der Waals surface area contributed by atoms with Crippen molar-refractivity contribution in [3.8, 4) is 0 Å². The largest absolute Gasteiger partial charge is 0.378 e. The Morgan fingerprint density at radius 3 is 2.64 bits per heavy atom. The number of benzene rings is 1. The van der Waals surface area contributed by atoms with Gasteiger partial charge in [-0.25, -0.2) is 8.42 Å². The van der Waals surface area contributed by atoms with Crippen LogP contribution in [0.3, 0.4) is 0 Å². The molecule has 2 aliphatic rings. The summed E-state index contributed by atoms with van der Waals surface area (Å²) >= 11 is 6.16. The van der Waals surface area contributed by atoms with Crippen molar-refractivity contribution in [3.63, 3.8) is 0 Å². The number of hydrogen-bond acceptors (Lipinski definition) is 4. The molecule has 0 N–H and O–H groups in total. The fourth-order valence-corrected chi connectivity index (χ4v) is 5.46. The molecule has 138 valence electrons. The van der Waals surface area contributed by atoms with Crippen LogP contribution in [0.5, 0.6) is 0 Å². The van der Waals surface area contributed by atoms with Crippen molar-refractivity contribution in [1.29, 1.82) is 0 Å². The maximum Gasteiger partial charge on any atom is 0.244 e. The van der Waals surface area contributed by atoms with Crippen molar-refractivity contribution in [2.75, 3.05) is 39.4 Å². The number of carbonyl (C=O) groups excluding carboxylic acids is 1. The molecule has 6 nitrogen and oxygen atoms in total. The van der Waals surface area contributed by atoms with Gasteiger partial charge in [-0.1, -0.05) is 17.7 Å². The Hall–Kier alpha value is -1.15. The number of ether oxygens (including phenoxy) is 1. The highest BCUT2D eigenvalue weighted by atomic mass is 35.5. The van der Waals surface area contributed by atoms with Gasteiger partial charge in [0.1, 0.15) is 4.90 Å². The van der Waals surface area contributed by atoms with Crippen LogP contribution in [0.2, 0.25) is 5.02 Å². The number of sulfonamides is 1.